The standard InChI is InChI=1S/C22H25F3N2O4/c1-31-17-7-9-26(10-8-17)18(28)12-21(13-19(29)27(20(21)30)16-5-6-16)14-3-2-4-15(11-14)22(23,24)25/h2-4,11,16-17H,5-10,12-13H2,1H3/t21-/m1/s1. The molecule has 1 aliphatic carbocycles. The van der Waals surface area contributed by atoms with Gasteiger partial charge in [-0.05, 0) is 37.3 Å². The van der Waals surface area contributed by atoms with E-state index in [1.165, 1.54) is 17.0 Å². The van der Waals surface area contributed by atoms with Crippen LogP contribution in [-0.2, 0) is 30.7 Å². The summed E-state index contributed by atoms with van der Waals surface area (Å²) < 4.78 is 45.3. The number of likely N-dealkylation sites (tertiary alicyclic amines) is 2. The largest absolute Gasteiger partial charge is 0.416 e. The van der Waals surface area contributed by atoms with E-state index in [0.717, 1.165) is 12.1 Å². The lowest BCUT2D eigenvalue weighted by molar-refractivity contribution is -0.144. The van der Waals surface area contributed by atoms with Crippen LogP contribution in [0.1, 0.15) is 49.7 Å². The van der Waals surface area contributed by atoms with E-state index >= 15 is 0 Å². The van der Waals surface area contributed by atoms with Gasteiger partial charge in [0.15, 0.2) is 0 Å². The van der Waals surface area contributed by atoms with E-state index in [2.05, 4.69) is 0 Å². The molecule has 0 aromatic heterocycles. The van der Waals surface area contributed by atoms with Crippen LogP contribution in [-0.4, -0.2) is 59.9 Å². The van der Waals surface area contributed by atoms with Gasteiger partial charge in [-0.2, -0.15) is 13.2 Å². The van der Waals surface area contributed by atoms with Gasteiger partial charge >= 0.3 is 6.18 Å². The Morgan fingerprint density at radius 1 is 1.16 bits per heavy atom. The lowest BCUT2D eigenvalue weighted by atomic mass is 9.75. The summed E-state index contributed by atoms with van der Waals surface area (Å²) >= 11 is 0. The summed E-state index contributed by atoms with van der Waals surface area (Å²) in [6.07, 6.45) is -2.46. The second-order valence-corrected chi connectivity index (χ2v) is 8.63. The number of nitrogens with zero attached hydrogens (tertiary/aromatic N) is 2. The Labute approximate surface area is 178 Å². The zero-order chi connectivity index (χ0) is 22.4. The van der Waals surface area contributed by atoms with Crippen molar-refractivity contribution in [1.82, 2.24) is 9.80 Å². The van der Waals surface area contributed by atoms with Gasteiger partial charge in [0, 0.05) is 39.1 Å². The Morgan fingerprint density at radius 3 is 2.42 bits per heavy atom. The van der Waals surface area contributed by atoms with Gasteiger partial charge < -0.3 is 9.64 Å². The monoisotopic (exact) mass is 438 g/mol. The van der Waals surface area contributed by atoms with Crippen LogP contribution in [0.2, 0.25) is 0 Å². The maximum absolute atomic E-state index is 13.4. The van der Waals surface area contributed by atoms with Crippen molar-refractivity contribution < 1.29 is 32.3 Å². The summed E-state index contributed by atoms with van der Waals surface area (Å²) in [5, 5.41) is 0. The average molecular weight is 438 g/mol. The Bertz CT molecular complexity index is 891. The molecule has 3 fully saturated rings. The van der Waals surface area contributed by atoms with Crippen molar-refractivity contribution >= 4 is 17.7 Å². The molecule has 2 heterocycles. The predicted octanol–water partition coefficient (Wildman–Crippen LogP) is 2.89. The van der Waals surface area contributed by atoms with Crippen LogP contribution in [0, 0.1) is 0 Å². The van der Waals surface area contributed by atoms with Crippen molar-refractivity contribution in [2.24, 2.45) is 0 Å². The predicted molar refractivity (Wildman–Crippen MR) is 104 cm³/mol. The molecule has 0 radical (unpaired) electrons. The minimum atomic E-state index is -4.59. The third-order valence-corrected chi connectivity index (χ3v) is 6.59. The maximum atomic E-state index is 13.4. The molecule has 2 aliphatic heterocycles. The normalized spacial score (nSPS) is 25.4. The Balaban J connectivity index is 1.67. The van der Waals surface area contributed by atoms with Crippen molar-refractivity contribution in [3.63, 3.8) is 0 Å². The van der Waals surface area contributed by atoms with Crippen molar-refractivity contribution in [2.45, 2.75) is 62.3 Å². The van der Waals surface area contributed by atoms with Gasteiger partial charge in [-0.3, -0.25) is 19.3 Å². The smallest absolute Gasteiger partial charge is 0.381 e. The van der Waals surface area contributed by atoms with Gasteiger partial charge in [0.2, 0.25) is 17.7 Å². The number of halogens is 3. The first-order valence-corrected chi connectivity index (χ1v) is 10.5. The third-order valence-electron chi connectivity index (χ3n) is 6.59. The molecule has 2 saturated heterocycles. The zero-order valence-electron chi connectivity index (χ0n) is 17.3. The molecule has 0 N–H and O–H groups in total. The molecule has 0 bridgehead atoms. The molecule has 3 aliphatic rings. The lowest BCUT2D eigenvalue weighted by Crippen LogP contribution is -2.46. The molecule has 0 spiro atoms. The number of alkyl halides is 3. The molecule has 1 saturated carbocycles. The summed E-state index contributed by atoms with van der Waals surface area (Å²) in [6, 6.07) is 4.27. The van der Waals surface area contributed by atoms with Crippen molar-refractivity contribution in [3.05, 3.63) is 35.4 Å². The second-order valence-electron chi connectivity index (χ2n) is 8.63. The Morgan fingerprint density at radius 2 is 1.84 bits per heavy atom. The molecule has 1 aromatic rings. The minimum Gasteiger partial charge on any atom is -0.381 e. The molecular formula is C22H25F3N2O4. The van der Waals surface area contributed by atoms with Crippen LogP contribution in [0.4, 0.5) is 13.2 Å². The topological polar surface area (TPSA) is 66.9 Å². The molecule has 3 amide bonds. The highest BCUT2D eigenvalue weighted by Crippen LogP contribution is 2.45. The van der Waals surface area contributed by atoms with Crippen LogP contribution in [0.3, 0.4) is 0 Å². The van der Waals surface area contributed by atoms with Crippen LogP contribution < -0.4 is 0 Å². The quantitative estimate of drug-likeness (QED) is 0.663. The highest BCUT2D eigenvalue weighted by atomic mass is 19.4. The van der Waals surface area contributed by atoms with E-state index < -0.39 is 29.0 Å². The fourth-order valence-electron chi connectivity index (χ4n) is 4.63. The number of rotatable bonds is 5. The fraction of sp³-hybridized carbons (Fsp3) is 0.591. The van der Waals surface area contributed by atoms with Gasteiger partial charge in [0.05, 0.1) is 17.1 Å². The number of hydrogen-bond donors (Lipinski definition) is 0. The zero-order valence-corrected chi connectivity index (χ0v) is 17.3. The summed E-state index contributed by atoms with van der Waals surface area (Å²) in [6.45, 7) is 0.898. The van der Waals surface area contributed by atoms with Gasteiger partial charge in [-0.25, -0.2) is 0 Å². The average Bonchev–Trinajstić information content (AvgIpc) is 3.54. The fourth-order valence-corrected chi connectivity index (χ4v) is 4.63. The first kappa shape index (κ1) is 21.8. The van der Waals surface area contributed by atoms with E-state index in [0.29, 0.717) is 38.8 Å². The molecule has 1 atom stereocenters. The summed E-state index contributed by atoms with van der Waals surface area (Å²) in [5.41, 5.74) is -2.43. The maximum Gasteiger partial charge on any atom is 0.416 e. The van der Waals surface area contributed by atoms with Gasteiger partial charge in [0.25, 0.3) is 0 Å². The van der Waals surface area contributed by atoms with Crippen molar-refractivity contribution in [2.75, 3.05) is 20.2 Å². The van der Waals surface area contributed by atoms with Crippen molar-refractivity contribution in [1.29, 1.82) is 0 Å². The third kappa shape index (κ3) is 4.07. The van der Waals surface area contributed by atoms with E-state index in [1.54, 1.807) is 12.0 Å². The van der Waals surface area contributed by atoms with E-state index in [-0.39, 0.29) is 36.5 Å². The van der Waals surface area contributed by atoms with E-state index in [4.69, 9.17) is 4.74 Å². The molecule has 6 nitrogen and oxygen atoms in total. The van der Waals surface area contributed by atoms with E-state index in [9.17, 15) is 27.6 Å². The van der Waals surface area contributed by atoms with Gasteiger partial charge in [-0.15, -0.1) is 0 Å². The minimum absolute atomic E-state index is 0.0570. The number of amides is 3. The van der Waals surface area contributed by atoms with Crippen LogP contribution in [0.25, 0.3) is 0 Å². The van der Waals surface area contributed by atoms with Gasteiger partial charge in [0.1, 0.15) is 0 Å². The summed E-state index contributed by atoms with van der Waals surface area (Å²) in [7, 11) is 1.61. The number of methoxy groups -OCH3 is 1. The molecule has 9 heteroatoms. The van der Waals surface area contributed by atoms with Crippen molar-refractivity contribution in [3.8, 4) is 0 Å². The number of carbonyl (C=O) groups is 3. The highest BCUT2D eigenvalue weighted by Gasteiger charge is 2.57. The molecule has 168 valence electrons. The SMILES string of the molecule is COC1CCN(C(=O)C[C@]2(c3cccc(C(F)(F)F)c3)CC(=O)N(C3CC3)C2=O)CC1. The number of carbonyl (C=O) groups excluding carboxylic acids is 3. The summed E-state index contributed by atoms with van der Waals surface area (Å²) in [4.78, 5) is 42.1. The molecule has 1 aromatic carbocycles. The number of benzene rings is 1. The van der Waals surface area contributed by atoms with Crippen LogP contribution in [0.15, 0.2) is 24.3 Å². The Hall–Kier alpha value is -2.42. The number of hydrogen-bond acceptors (Lipinski definition) is 4. The van der Waals surface area contributed by atoms with Crippen LogP contribution in [0.5, 0.6) is 0 Å². The van der Waals surface area contributed by atoms with Crippen LogP contribution >= 0.6 is 0 Å². The molecule has 31 heavy (non-hydrogen) atoms. The second kappa shape index (κ2) is 7.93. The molecular weight excluding hydrogens is 413 g/mol. The summed E-state index contributed by atoms with van der Waals surface area (Å²) in [5.74, 6) is -1.30. The van der Waals surface area contributed by atoms with E-state index in [1.807, 2.05) is 0 Å². The molecule has 4 rings (SSSR count). The number of imide groups is 1. The highest BCUT2D eigenvalue weighted by molar-refractivity contribution is 6.11. The molecule has 0 unspecified atom stereocenters. The number of piperidine rings is 1. The van der Waals surface area contributed by atoms with Gasteiger partial charge in [-0.1, -0.05) is 18.2 Å². The number of ether oxygens (including phenoxy) is 1. The first-order chi connectivity index (χ1) is 14.7. The Kier molecular flexibility index (Phi) is 5.57. The first-order valence-electron chi connectivity index (χ1n) is 10.5. The lowest BCUT2D eigenvalue weighted by Gasteiger charge is -2.34.